The molecule has 1 amide bonds. The quantitative estimate of drug-likeness (QED) is 0.839. The van der Waals surface area contributed by atoms with E-state index in [4.69, 9.17) is 5.73 Å². The number of hydrogen-bond donors (Lipinski definition) is 2. The molecular weight excluding hydrogens is 240 g/mol. The van der Waals surface area contributed by atoms with Crippen molar-refractivity contribution in [1.82, 2.24) is 15.1 Å². The topological polar surface area (TPSA) is 72.9 Å². The highest BCUT2D eigenvalue weighted by Gasteiger charge is 2.23. The Morgan fingerprint density at radius 3 is 3.00 bits per heavy atom. The fraction of sp³-hybridized carbons (Fsp3) is 0.714. The number of amides is 1. The van der Waals surface area contributed by atoms with E-state index in [-0.39, 0.29) is 11.9 Å². The molecule has 0 spiro atoms. The van der Waals surface area contributed by atoms with Gasteiger partial charge in [0.2, 0.25) is 5.91 Å². The number of nitrogens with zero attached hydrogens (tertiary/aromatic N) is 2. The summed E-state index contributed by atoms with van der Waals surface area (Å²) in [5.41, 5.74) is 7.19. The van der Waals surface area contributed by atoms with Gasteiger partial charge in [-0.3, -0.25) is 9.48 Å². The number of hydrogen-bond acceptors (Lipinski definition) is 3. The van der Waals surface area contributed by atoms with E-state index in [1.165, 1.54) is 12.8 Å². The van der Waals surface area contributed by atoms with Gasteiger partial charge in [0.25, 0.3) is 0 Å². The second-order valence-electron chi connectivity index (χ2n) is 5.54. The molecule has 1 aliphatic carbocycles. The summed E-state index contributed by atoms with van der Waals surface area (Å²) in [7, 11) is 0. The molecule has 3 N–H and O–H groups in total. The van der Waals surface area contributed by atoms with Crippen molar-refractivity contribution >= 4 is 5.91 Å². The maximum Gasteiger partial charge on any atom is 0.220 e. The highest BCUT2D eigenvalue weighted by atomic mass is 16.1. The van der Waals surface area contributed by atoms with Gasteiger partial charge in [0.1, 0.15) is 0 Å². The lowest BCUT2D eigenvalue weighted by atomic mass is 9.83. The molecule has 0 aromatic carbocycles. The van der Waals surface area contributed by atoms with Crippen LogP contribution in [0.15, 0.2) is 12.4 Å². The van der Waals surface area contributed by atoms with Crippen molar-refractivity contribution in [2.24, 2.45) is 11.7 Å². The zero-order chi connectivity index (χ0) is 13.7. The first kappa shape index (κ1) is 14.1. The molecule has 1 fully saturated rings. The summed E-state index contributed by atoms with van der Waals surface area (Å²) in [5.74, 6) is 0.479. The van der Waals surface area contributed by atoms with Crippen molar-refractivity contribution < 1.29 is 4.79 Å². The van der Waals surface area contributed by atoms with Crippen molar-refractivity contribution in [1.29, 1.82) is 0 Å². The third-order valence-corrected chi connectivity index (χ3v) is 3.84. The normalized spacial score (nSPS) is 23.3. The van der Waals surface area contributed by atoms with Crippen LogP contribution in [0, 0.1) is 12.8 Å². The van der Waals surface area contributed by atoms with Gasteiger partial charge in [0, 0.05) is 25.2 Å². The van der Waals surface area contributed by atoms with Gasteiger partial charge in [-0.1, -0.05) is 12.8 Å². The van der Waals surface area contributed by atoms with Crippen LogP contribution in [0.2, 0.25) is 0 Å². The Labute approximate surface area is 114 Å². The van der Waals surface area contributed by atoms with Crippen LogP contribution in [-0.4, -0.2) is 28.3 Å². The average molecular weight is 264 g/mol. The highest BCUT2D eigenvalue weighted by Crippen LogP contribution is 2.25. The lowest BCUT2D eigenvalue weighted by Crippen LogP contribution is -2.37. The molecule has 2 atom stereocenters. The van der Waals surface area contributed by atoms with E-state index in [0.717, 1.165) is 24.9 Å². The summed E-state index contributed by atoms with van der Waals surface area (Å²) in [6.07, 6.45) is 8.93. The van der Waals surface area contributed by atoms with Crippen molar-refractivity contribution in [3.63, 3.8) is 0 Å². The third-order valence-electron chi connectivity index (χ3n) is 3.84. The first-order valence-electron chi connectivity index (χ1n) is 7.16. The van der Waals surface area contributed by atoms with Crippen LogP contribution in [0.5, 0.6) is 0 Å². The predicted molar refractivity (Wildman–Crippen MR) is 74.5 cm³/mol. The molecule has 0 saturated heterocycles. The Balaban J connectivity index is 1.66. The van der Waals surface area contributed by atoms with Crippen LogP contribution in [0.3, 0.4) is 0 Å². The van der Waals surface area contributed by atoms with Crippen LogP contribution < -0.4 is 11.1 Å². The molecule has 2 unspecified atom stereocenters. The number of nitrogens with one attached hydrogen (secondary N) is 1. The smallest absolute Gasteiger partial charge is 0.220 e. The molecule has 1 aromatic heterocycles. The van der Waals surface area contributed by atoms with Crippen LogP contribution in [0.1, 0.15) is 37.7 Å². The van der Waals surface area contributed by atoms with Gasteiger partial charge in [-0.05, 0) is 31.2 Å². The van der Waals surface area contributed by atoms with Crippen molar-refractivity contribution in [2.45, 2.75) is 51.6 Å². The summed E-state index contributed by atoms with van der Waals surface area (Å²) >= 11 is 0. The molecule has 0 aliphatic heterocycles. The van der Waals surface area contributed by atoms with Crippen molar-refractivity contribution in [2.75, 3.05) is 6.54 Å². The fourth-order valence-corrected chi connectivity index (χ4v) is 2.70. The van der Waals surface area contributed by atoms with Gasteiger partial charge in [-0.25, -0.2) is 0 Å². The number of carbonyl (C=O) groups is 1. The summed E-state index contributed by atoms with van der Waals surface area (Å²) in [5, 5.41) is 7.14. The molecule has 1 heterocycles. The molecule has 0 radical (unpaired) electrons. The Kier molecular flexibility index (Phi) is 4.96. The predicted octanol–water partition coefficient (Wildman–Crippen LogP) is 1.22. The number of aromatic nitrogens is 2. The van der Waals surface area contributed by atoms with Crippen LogP contribution in [0.4, 0.5) is 0 Å². The number of nitrogens with two attached hydrogens (primary N) is 1. The minimum Gasteiger partial charge on any atom is -0.354 e. The first-order valence-corrected chi connectivity index (χ1v) is 7.16. The highest BCUT2D eigenvalue weighted by molar-refractivity contribution is 5.76. The minimum atomic E-state index is 0.117. The van der Waals surface area contributed by atoms with Crippen LogP contribution >= 0.6 is 0 Å². The van der Waals surface area contributed by atoms with E-state index in [1.807, 2.05) is 24.0 Å². The molecular formula is C14H24N4O. The van der Waals surface area contributed by atoms with E-state index in [1.54, 1.807) is 0 Å². The van der Waals surface area contributed by atoms with E-state index >= 15 is 0 Å². The third kappa shape index (κ3) is 4.35. The Bertz CT molecular complexity index is 415. The summed E-state index contributed by atoms with van der Waals surface area (Å²) < 4.78 is 1.85. The maximum atomic E-state index is 11.9. The van der Waals surface area contributed by atoms with Crippen LogP contribution in [-0.2, 0) is 11.3 Å². The van der Waals surface area contributed by atoms with Gasteiger partial charge in [0.05, 0.1) is 12.7 Å². The monoisotopic (exact) mass is 264 g/mol. The number of rotatable bonds is 5. The van der Waals surface area contributed by atoms with Gasteiger partial charge < -0.3 is 11.1 Å². The van der Waals surface area contributed by atoms with Crippen molar-refractivity contribution in [3.8, 4) is 0 Å². The molecule has 2 rings (SSSR count). The molecule has 106 valence electrons. The maximum absolute atomic E-state index is 11.9. The zero-order valence-electron chi connectivity index (χ0n) is 11.6. The molecule has 5 nitrogen and oxygen atoms in total. The van der Waals surface area contributed by atoms with Crippen molar-refractivity contribution in [3.05, 3.63) is 18.0 Å². The van der Waals surface area contributed by atoms with Gasteiger partial charge >= 0.3 is 0 Å². The van der Waals surface area contributed by atoms with Gasteiger partial charge in [-0.2, -0.15) is 5.10 Å². The molecule has 1 aliphatic rings. The minimum absolute atomic E-state index is 0.117. The second-order valence-corrected chi connectivity index (χ2v) is 5.54. The van der Waals surface area contributed by atoms with Crippen LogP contribution in [0.25, 0.3) is 0 Å². The molecule has 5 heteroatoms. The SMILES string of the molecule is Cc1cnn(CCNC(=O)CC2CCCCC2N)c1. The molecule has 1 aromatic rings. The molecule has 0 bridgehead atoms. The van der Waals surface area contributed by atoms with Gasteiger partial charge in [-0.15, -0.1) is 0 Å². The summed E-state index contributed by atoms with van der Waals surface area (Å²) in [6, 6.07) is 0.202. The average Bonchev–Trinajstić information content (AvgIpc) is 2.78. The Hall–Kier alpha value is -1.36. The number of aryl methyl sites for hydroxylation is 1. The summed E-state index contributed by atoms with van der Waals surface area (Å²) in [4.78, 5) is 11.9. The molecule has 19 heavy (non-hydrogen) atoms. The zero-order valence-corrected chi connectivity index (χ0v) is 11.6. The summed E-state index contributed by atoms with van der Waals surface area (Å²) in [6.45, 7) is 3.35. The molecule has 1 saturated carbocycles. The standard InChI is InChI=1S/C14H24N4O/c1-11-9-17-18(10-11)7-6-16-14(19)8-12-4-2-3-5-13(12)15/h9-10,12-13H,2-8,15H2,1H3,(H,16,19). The lowest BCUT2D eigenvalue weighted by molar-refractivity contribution is -0.122. The lowest BCUT2D eigenvalue weighted by Gasteiger charge is -2.27. The van der Waals surface area contributed by atoms with E-state index < -0.39 is 0 Å². The van der Waals surface area contributed by atoms with E-state index in [9.17, 15) is 4.79 Å². The van der Waals surface area contributed by atoms with Gasteiger partial charge in [0.15, 0.2) is 0 Å². The van der Waals surface area contributed by atoms with E-state index in [2.05, 4.69) is 10.4 Å². The largest absolute Gasteiger partial charge is 0.354 e. The fourth-order valence-electron chi connectivity index (χ4n) is 2.70. The first-order chi connectivity index (χ1) is 9.15. The van der Waals surface area contributed by atoms with E-state index in [0.29, 0.717) is 18.9 Å². The Morgan fingerprint density at radius 1 is 1.53 bits per heavy atom. The second kappa shape index (κ2) is 6.70. The Morgan fingerprint density at radius 2 is 2.32 bits per heavy atom. The number of carbonyl (C=O) groups excluding carboxylic acids is 1.